The van der Waals surface area contributed by atoms with Gasteiger partial charge in [-0.2, -0.15) is 0 Å². The van der Waals surface area contributed by atoms with Crippen molar-refractivity contribution in [2.45, 2.75) is 19.3 Å². The van der Waals surface area contributed by atoms with Crippen molar-refractivity contribution in [2.75, 3.05) is 19.6 Å². The lowest BCUT2D eigenvalue weighted by molar-refractivity contribution is -0.119. The Morgan fingerprint density at radius 3 is 2.73 bits per heavy atom. The molecule has 0 saturated carbocycles. The van der Waals surface area contributed by atoms with Crippen LogP contribution in [0.3, 0.4) is 0 Å². The first-order valence-electron chi connectivity index (χ1n) is 7.20. The van der Waals surface area contributed by atoms with Crippen LogP contribution in [0, 0.1) is 0 Å². The highest BCUT2D eigenvalue weighted by Crippen LogP contribution is 2.35. The van der Waals surface area contributed by atoms with Crippen LogP contribution in [-0.2, 0) is 4.79 Å². The minimum absolute atomic E-state index is 0. The van der Waals surface area contributed by atoms with Crippen LogP contribution >= 0.6 is 12.4 Å². The van der Waals surface area contributed by atoms with Gasteiger partial charge >= 0.3 is 0 Å². The Morgan fingerprint density at radius 1 is 1.23 bits per heavy atom. The summed E-state index contributed by atoms with van der Waals surface area (Å²) >= 11 is 0. The van der Waals surface area contributed by atoms with Gasteiger partial charge in [-0.1, -0.05) is 24.6 Å². The van der Waals surface area contributed by atoms with Crippen molar-refractivity contribution < 1.29 is 9.90 Å². The second kappa shape index (κ2) is 7.38. The van der Waals surface area contributed by atoms with E-state index in [9.17, 15) is 9.90 Å². The largest absolute Gasteiger partial charge is 0.493 e. The number of H-pyrrole nitrogens is 1. The molecule has 22 heavy (non-hydrogen) atoms. The number of carbonyl (C=O) groups excluding carboxylic acids is 1. The minimum Gasteiger partial charge on any atom is -0.493 e. The number of hydrogen-bond acceptors (Lipinski definition) is 4. The number of halogens is 1. The molecular weight excluding hydrogens is 304 g/mol. The zero-order chi connectivity index (χ0) is 14.7. The van der Waals surface area contributed by atoms with Crippen molar-refractivity contribution in [3.8, 4) is 5.88 Å². The molecule has 118 valence electrons. The van der Waals surface area contributed by atoms with Crippen LogP contribution in [0.5, 0.6) is 5.88 Å². The molecule has 0 bridgehead atoms. The third-order valence-electron chi connectivity index (χ3n) is 3.73. The smallest absolute Gasteiger partial charge is 0.278 e. The fourth-order valence-electron chi connectivity index (χ4n) is 2.66. The highest BCUT2D eigenvalue weighted by Gasteiger charge is 2.14. The first-order valence-corrected chi connectivity index (χ1v) is 7.20. The molecule has 3 rings (SSSR count). The van der Waals surface area contributed by atoms with Crippen LogP contribution < -0.4 is 0 Å². The summed E-state index contributed by atoms with van der Waals surface area (Å²) in [6.07, 6.45) is 3.50. The lowest BCUT2D eigenvalue weighted by Gasteiger charge is -2.24. The van der Waals surface area contributed by atoms with Gasteiger partial charge in [-0.25, -0.2) is 0 Å². The number of piperidine rings is 1. The molecule has 2 N–H and O–H groups in total. The summed E-state index contributed by atoms with van der Waals surface area (Å²) in [4.78, 5) is 16.8. The summed E-state index contributed by atoms with van der Waals surface area (Å²) < 4.78 is 0. The maximum atomic E-state index is 11.9. The van der Waals surface area contributed by atoms with E-state index in [1.54, 1.807) is 0 Å². The number of aromatic nitrogens is 1. The molecule has 1 amide bonds. The molecule has 7 heteroatoms. The van der Waals surface area contributed by atoms with Gasteiger partial charge in [0.1, 0.15) is 0 Å². The maximum Gasteiger partial charge on any atom is 0.278 e. The number of rotatable bonds is 3. The molecule has 1 aromatic carbocycles. The second-order valence-corrected chi connectivity index (χ2v) is 5.30. The Morgan fingerprint density at radius 2 is 1.95 bits per heavy atom. The minimum atomic E-state index is -0.276. The van der Waals surface area contributed by atoms with Crippen LogP contribution in [0.15, 0.2) is 34.5 Å². The predicted molar refractivity (Wildman–Crippen MR) is 87.0 cm³/mol. The quantitative estimate of drug-likeness (QED) is 0.850. The summed E-state index contributed by atoms with van der Waals surface area (Å²) in [6, 6.07) is 7.38. The van der Waals surface area contributed by atoms with E-state index in [-0.39, 0.29) is 24.2 Å². The van der Waals surface area contributed by atoms with Crippen molar-refractivity contribution in [2.24, 2.45) is 10.2 Å². The molecule has 0 radical (unpaired) electrons. The number of aromatic hydroxyl groups is 1. The van der Waals surface area contributed by atoms with Gasteiger partial charge in [0.2, 0.25) is 5.88 Å². The van der Waals surface area contributed by atoms with Gasteiger partial charge in [0.15, 0.2) is 5.69 Å². The first-order chi connectivity index (χ1) is 10.2. The molecule has 1 aliphatic heterocycles. The Kier molecular flexibility index (Phi) is 5.51. The number of fused-ring (bicyclic) bond motifs is 1. The summed E-state index contributed by atoms with van der Waals surface area (Å²) in [5.74, 6) is -0.340. The molecule has 0 atom stereocenters. The van der Waals surface area contributed by atoms with Gasteiger partial charge in [0.05, 0.1) is 12.1 Å². The Balaban J connectivity index is 0.00000176. The number of nitrogens with zero attached hydrogens (tertiary/aromatic N) is 3. The molecule has 2 heterocycles. The van der Waals surface area contributed by atoms with Crippen LogP contribution in [-0.4, -0.2) is 40.5 Å². The number of amides is 1. The number of hydrogen-bond donors (Lipinski definition) is 2. The van der Waals surface area contributed by atoms with Crippen molar-refractivity contribution >= 4 is 34.9 Å². The third-order valence-corrected chi connectivity index (χ3v) is 3.73. The lowest BCUT2D eigenvalue weighted by atomic mass is 10.1. The van der Waals surface area contributed by atoms with Crippen molar-refractivity contribution in [1.82, 2.24) is 9.88 Å². The highest BCUT2D eigenvalue weighted by molar-refractivity contribution is 5.94. The van der Waals surface area contributed by atoms with Crippen LogP contribution in [0.25, 0.3) is 10.9 Å². The van der Waals surface area contributed by atoms with E-state index in [1.165, 1.54) is 6.42 Å². The van der Waals surface area contributed by atoms with Crippen LogP contribution in [0.2, 0.25) is 0 Å². The molecule has 2 aromatic rings. The second-order valence-electron chi connectivity index (χ2n) is 5.30. The van der Waals surface area contributed by atoms with E-state index in [0.29, 0.717) is 12.2 Å². The molecule has 1 fully saturated rings. The van der Waals surface area contributed by atoms with Crippen molar-refractivity contribution in [1.29, 1.82) is 0 Å². The summed E-state index contributed by atoms with van der Waals surface area (Å²) in [5.41, 5.74) is 1.09. The zero-order valence-electron chi connectivity index (χ0n) is 12.2. The van der Waals surface area contributed by atoms with Gasteiger partial charge in [0.25, 0.3) is 5.91 Å². The van der Waals surface area contributed by atoms with E-state index < -0.39 is 0 Å². The van der Waals surface area contributed by atoms with Crippen molar-refractivity contribution in [3.05, 3.63) is 24.3 Å². The van der Waals surface area contributed by atoms with Gasteiger partial charge in [0, 0.05) is 5.39 Å². The van der Waals surface area contributed by atoms with Gasteiger partial charge < -0.3 is 10.1 Å². The summed E-state index contributed by atoms with van der Waals surface area (Å²) in [5, 5.41) is 18.3. The third kappa shape index (κ3) is 3.64. The normalized spacial score (nSPS) is 16.0. The monoisotopic (exact) mass is 322 g/mol. The molecule has 1 saturated heterocycles. The van der Waals surface area contributed by atoms with Gasteiger partial charge in [-0.05, 0) is 32.0 Å². The van der Waals surface area contributed by atoms with Crippen LogP contribution in [0.1, 0.15) is 19.3 Å². The SMILES string of the molecule is Cl.O=C(CN1CCCCC1)N=Nc1c(O)[nH]c2ccccc12. The lowest BCUT2D eigenvalue weighted by Crippen LogP contribution is -2.33. The number of likely N-dealkylation sites (tertiary alicyclic amines) is 1. The molecule has 0 spiro atoms. The Bertz CT molecular complexity index is 677. The average Bonchev–Trinajstić information content (AvgIpc) is 2.81. The number of carbonyl (C=O) groups is 1. The number of nitrogens with one attached hydrogen (secondary N) is 1. The van der Waals surface area contributed by atoms with E-state index in [1.807, 2.05) is 24.3 Å². The van der Waals surface area contributed by atoms with Gasteiger partial charge in [-0.15, -0.1) is 22.6 Å². The number of benzene rings is 1. The highest BCUT2D eigenvalue weighted by atomic mass is 35.5. The van der Waals surface area contributed by atoms with E-state index in [2.05, 4.69) is 20.1 Å². The first kappa shape index (κ1) is 16.5. The molecule has 0 unspecified atom stereocenters. The van der Waals surface area contributed by atoms with Gasteiger partial charge in [-0.3, -0.25) is 9.69 Å². The summed E-state index contributed by atoms with van der Waals surface area (Å²) in [7, 11) is 0. The Labute approximate surface area is 134 Å². The van der Waals surface area contributed by atoms with E-state index >= 15 is 0 Å². The Hall–Kier alpha value is -1.92. The molecule has 0 aliphatic carbocycles. The summed E-state index contributed by atoms with van der Waals surface area (Å²) in [6.45, 7) is 2.19. The predicted octanol–water partition coefficient (Wildman–Crippen LogP) is 3.39. The fourth-order valence-corrected chi connectivity index (χ4v) is 2.66. The number of azo groups is 1. The van der Waals surface area contributed by atoms with Crippen molar-refractivity contribution in [3.63, 3.8) is 0 Å². The number of para-hydroxylation sites is 1. The molecular formula is C15H19ClN4O2. The average molecular weight is 323 g/mol. The van der Waals surface area contributed by atoms with E-state index in [0.717, 1.165) is 36.8 Å². The molecule has 1 aliphatic rings. The molecule has 1 aromatic heterocycles. The van der Waals surface area contributed by atoms with Crippen LogP contribution in [0.4, 0.5) is 5.69 Å². The molecule has 6 nitrogen and oxygen atoms in total. The van der Waals surface area contributed by atoms with E-state index in [4.69, 9.17) is 0 Å². The zero-order valence-corrected chi connectivity index (χ0v) is 13.0. The standard InChI is InChI=1S/C15H18N4O2.ClH/c20-13(10-19-8-4-1-5-9-19)17-18-14-11-6-2-3-7-12(11)16-15(14)21;/h2-3,6-7,16,21H,1,4-5,8-10H2;1H. The maximum absolute atomic E-state index is 11.9. The topological polar surface area (TPSA) is 81.1 Å². The number of aromatic amines is 1. The fraction of sp³-hybridized carbons (Fsp3) is 0.400.